The number of hydrogen-bond donors (Lipinski definition) is 1. The van der Waals surface area contributed by atoms with E-state index in [9.17, 15) is 0 Å². The minimum atomic E-state index is -0.192. The number of aromatic nitrogens is 4. The minimum Gasteiger partial charge on any atom is -0.382 e. The first kappa shape index (κ1) is 16.7. The van der Waals surface area contributed by atoms with E-state index in [-0.39, 0.29) is 5.82 Å². The number of rotatable bonds is 5. The standard InChI is InChI=1S/C20H22FN5/c1-26-10-9-23-19(26)8-7-15-14(13-3-2-4-13)5-6-16(20(15)21)17-11-25-18(22)12-24-17/h5-6,9-13H,2-4,7-8H2,1H3,(H2,22,25). The van der Waals surface area contributed by atoms with Gasteiger partial charge in [-0.1, -0.05) is 12.5 Å². The third-order valence-corrected chi connectivity index (χ3v) is 5.29. The Labute approximate surface area is 152 Å². The molecule has 1 fully saturated rings. The van der Waals surface area contributed by atoms with Gasteiger partial charge in [0, 0.05) is 31.4 Å². The predicted octanol–water partition coefficient (Wildman–Crippen LogP) is 3.65. The van der Waals surface area contributed by atoms with Crippen LogP contribution < -0.4 is 5.73 Å². The van der Waals surface area contributed by atoms with Crippen LogP contribution in [-0.2, 0) is 19.9 Å². The van der Waals surface area contributed by atoms with Crippen LogP contribution in [0.3, 0.4) is 0 Å². The number of nitrogens with zero attached hydrogens (tertiary/aromatic N) is 4. The van der Waals surface area contributed by atoms with Crippen LogP contribution in [0.2, 0.25) is 0 Å². The molecule has 2 heterocycles. The number of hydrogen-bond acceptors (Lipinski definition) is 4. The van der Waals surface area contributed by atoms with Crippen molar-refractivity contribution in [2.24, 2.45) is 7.05 Å². The molecule has 0 aliphatic heterocycles. The van der Waals surface area contributed by atoms with Gasteiger partial charge in [-0.25, -0.2) is 14.4 Å². The van der Waals surface area contributed by atoms with Crippen LogP contribution in [0.5, 0.6) is 0 Å². The molecule has 0 bridgehead atoms. The second-order valence-corrected chi connectivity index (χ2v) is 6.90. The topological polar surface area (TPSA) is 69.6 Å². The van der Waals surface area contributed by atoms with Crippen LogP contribution >= 0.6 is 0 Å². The summed E-state index contributed by atoms with van der Waals surface area (Å²) in [4.78, 5) is 12.6. The second-order valence-electron chi connectivity index (χ2n) is 6.90. The molecule has 1 aromatic carbocycles. The van der Waals surface area contributed by atoms with Crippen molar-refractivity contribution in [2.75, 3.05) is 5.73 Å². The maximum absolute atomic E-state index is 15.4. The van der Waals surface area contributed by atoms with Crippen molar-refractivity contribution in [2.45, 2.75) is 38.0 Å². The molecule has 0 radical (unpaired) electrons. The van der Waals surface area contributed by atoms with Crippen LogP contribution in [0.1, 0.15) is 42.1 Å². The lowest BCUT2D eigenvalue weighted by Gasteiger charge is -2.28. The summed E-state index contributed by atoms with van der Waals surface area (Å²) in [5, 5.41) is 0. The van der Waals surface area contributed by atoms with Crippen molar-refractivity contribution in [1.82, 2.24) is 19.5 Å². The van der Waals surface area contributed by atoms with E-state index in [1.165, 1.54) is 18.8 Å². The highest BCUT2D eigenvalue weighted by atomic mass is 19.1. The average molecular weight is 351 g/mol. The number of anilines is 1. The highest BCUT2D eigenvalue weighted by Gasteiger charge is 2.25. The number of nitrogens with two attached hydrogens (primary N) is 1. The maximum atomic E-state index is 15.4. The Hall–Kier alpha value is -2.76. The van der Waals surface area contributed by atoms with Crippen molar-refractivity contribution in [1.29, 1.82) is 0 Å². The smallest absolute Gasteiger partial charge is 0.141 e. The fourth-order valence-electron chi connectivity index (χ4n) is 3.54. The van der Waals surface area contributed by atoms with Gasteiger partial charge in [0.15, 0.2) is 0 Å². The molecule has 0 amide bonds. The van der Waals surface area contributed by atoms with Crippen LogP contribution in [-0.4, -0.2) is 19.5 Å². The van der Waals surface area contributed by atoms with Gasteiger partial charge in [-0.05, 0) is 42.4 Å². The summed E-state index contributed by atoms with van der Waals surface area (Å²) in [5.41, 5.74) is 8.51. The van der Waals surface area contributed by atoms with Gasteiger partial charge in [0.2, 0.25) is 0 Å². The van der Waals surface area contributed by atoms with E-state index in [2.05, 4.69) is 21.0 Å². The van der Waals surface area contributed by atoms with E-state index >= 15 is 4.39 Å². The summed E-state index contributed by atoms with van der Waals surface area (Å²) in [7, 11) is 1.96. The Kier molecular flexibility index (Phi) is 4.41. The molecule has 2 N–H and O–H groups in total. The van der Waals surface area contributed by atoms with Gasteiger partial charge in [-0.3, -0.25) is 4.98 Å². The Morgan fingerprint density at radius 2 is 2.00 bits per heavy atom. The lowest BCUT2D eigenvalue weighted by Crippen LogP contribution is -2.14. The molecular weight excluding hydrogens is 329 g/mol. The SMILES string of the molecule is Cn1ccnc1CCc1c(C2CCC2)ccc(-c2cnc(N)cn2)c1F. The zero-order valence-electron chi connectivity index (χ0n) is 14.8. The molecule has 3 aromatic rings. The number of benzene rings is 1. The number of nitrogen functional groups attached to an aromatic ring is 1. The maximum Gasteiger partial charge on any atom is 0.141 e. The molecule has 6 heteroatoms. The summed E-state index contributed by atoms with van der Waals surface area (Å²) >= 11 is 0. The van der Waals surface area contributed by atoms with Crippen molar-refractivity contribution < 1.29 is 4.39 Å². The summed E-state index contributed by atoms with van der Waals surface area (Å²) in [6.07, 6.45) is 11.5. The molecular formula is C20H22FN5. The van der Waals surface area contributed by atoms with Crippen molar-refractivity contribution in [3.05, 3.63) is 59.7 Å². The first-order valence-electron chi connectivity index (χ1n) is 8.99. The Bertz CT molecular complexity index is 912. The van der Waals surface area contributed by atoms with Gasteiger partial charge in [0.05, 0.1) is 18.1 Å². The Morgan fingerprint density at radius 3 is 2.62 bits per heavy atom. The number of imidazole rings is 1. The third-order valence-electron chi connectivity index (χ3n) is 5.29. The molecule has 1 aliphatic rings. The van der Waals surface area contributed by atoms with Crippen LogP contribution in [0.4, 0.5) is 10.2 Å². The summed E-state index contributed by atoms with van der Waals surface area (Å²) in [6.45, 7) is 0. The molecule has 1 aliphatic carbocycles. The fraction of sp³-hybridized carbons (Fsp3) is 0.350. The van der Waals surface area contributed by atoms with E-state index in [4.69, 9.17) is 5.73 Å². The molecule has 0 saturated heterocycles. The average Bonchev–Trinajstić information content (AvgIpc) is 2.99. The molecule has 0 spiro atoms. The normalized spacial score (nSPS) is 14.4. The van der Waals surface area contributed by atoms with E-state index in [1.807, 2.05) is 23.9 Å². The lowest BCUT2D eigenvalue weighted by atomic mass is 9.77. The highest BCUT2D eigenvalue weighted by molar-refractivity contribution is 5.62. The number of aryl methyl sites for hydroxylation is 2. The lowest BCUT2D eigenvalue weighted by molar-refractivity contribution is 0.414. The van der Waals surface area contributed by atoms with E-state index in [1.54, 1.807) is 6.20 Å². The monoisotopic (exact) mass is 351 g/mol. The molecule has 4 rings (SSSR count). The minimum absolute atomic E-state index is 0.192. The van der Waals surface area contributed by atoms with Crippen LogP contribution in [0.25, 0.3) is 11.3 Å². The first-order chi connectivity index (χ1) is 12.6. The van der Waals surface area contributed by atoms with E-state index in [0.29, 0.717) is 35.8 Å². The predicted molar refractivity (Wildman–Crippen MR) is 99.0 cm³/mol. The highest BCUT2D eigenvalue weighted by Crippen LogP contribution is 2.40. The van der Waals surface area contributed by atoms with E-state index in [0.717, 1.165) is 29.8 Å². The summed E-state index contributed by atoms with van der Waals surface area (Å²) in [6, 6.07) is 3.89. The Balaban J connectivity index is 1.71. The molecule has 1 saturated carbocycles. The summed E-state index contributed by atoms with van der Waals surface area (Å²) in [5.74, 6) is 1.56. The second kappa shape index (κ2) is 6.86. The number of halogens is 1. The fourth-order valence-corrected chi connectivity index (χ4v) is 3.54. The molecule has 26 heavy (non-hydrogen) atoms. The molecule has 134 valence electrons. The van der Waals surface area contributed by atoms with Gasteiger partial charge < -0.3 is 10.3 Å². The largest absolute Gasteiger partial charge is 0.382 e. The quantitative estimate of drug-likeness (QED) is 0.762. The molecule has 0 atom stereocenters. The summed E-state index contributed by atoms with van der Waals surface area (Å²) < 4.78 is 17.4. The van der Waals surface area contributed by atoms with Gasteiger partial charge in [-0.15, -0.1) is 0 Å². The van der Waals surface area contributed by atoms with Crippen molar-refractivity contribution >= 4 is 5.82 Å². The van der Waals surface area contributed by atoms with Crippen LogP contribution in [0.15, 0.2) is 36.9 Å². The Morgan fingerprint density at radius 1 is 1.15 bits per heavy atom. The molecule has 0 unspecified atom stereocenters. The van der Waals surface area contributed by atoms with E-state index < -0.39 is 0 Å². The third kappa shape index (κ3) is 3.07. The van der Waals surface area contributed by atoms with Gasteiger partial charge in [-0.2, -0.15) is 0 Å². The molecule has 5 nitrogen and oxygen atoms in total. The van der Waals surface area contributed by atoms with Gasteiger partial charge in [0.25, 0.3) is 0 Å². The van der Waals surface area contributed by atoms with Crippen LogP contribution in [0, 0.1) is 5.82 Å². The zero-order valence-corrected chi connectivity index (χ0v) is 14.8. The first-order valence-corrected chi connectivity index (χ1v) is 8.99. The molecule has 2 aromatic heterocycles. The van der Waals surface area contributed by atoms with Crippen molar-refractivity contribution in [3.63, 3.8) is 0 Å². The van der Waals surface area contributed by atoms with Gasteiger partial charge >= 0.3 is 0 Å². The van der Waals surface area contributed by atoms with Crippen molar-refractivity contribution in [3.8, 4) is 11.3 Å². The zero-order chi connectivity index (χ0) is 18.1. The van der Waals surface area contributed by atoms with Gasteiger partial charge in [0.1, 0.15) is 17.5 Å².